The van der Waals surface area contributed by atoms with Crippen LogP contribution in [0.1, 0.15) is 94.7 Å². The first kappa shape index (κ1) is 38.7. The Morgan fingerprint density at radius 1 is 0.809 bits per heavy atom. The van der Waals surface area contributed by atoms with Gasteiger partial charge in [-0.1, -0.05) is 31.0 Å². The van der Waals surface area contributed by atoms with Crippen molar-refractivity contribution >= 4 is 21.0 Å². The number of unbranched alkanes of at least 4 members (excludes halogenated alkanes) is 3. The van der Waals surface area contributed by atoms with Crippen LogP contribution < -0.4 is 0 Å². The summed E-state index contributed by atoms with van der Waals surface area (Å²) in [6.07, 6.45) is -0.871. The molecular weight excluding hydrogens is 641 g/mol. The minimum Gasteiger partial charge on any atom is -0.508 e. The van der Waals surface area contributed by atoms with E-state index in [0.717, 1.165) is 68.1 Å². The highest BCUT2D eigenvalue weighted by Gasteiger charge is 2.56. The minimum absolute atomic E-state index is 0.176. The molecule has 0 heterocycles. The van der Waals surface area contributed by atoms with Gasteiger partial charge in [0.05, 0.1) is 17.1 Å². The molecule has 0 bridgehead atoms. The second-order valence-corrected chi connectivity index (χ2v) is 15.6. The molecule has 1 aliphatic rings. The molecule has 0 radical (unpaired) electrons. The number of rotatable bonds is 18. The third kappa shape index (κ3) is 12.7. The molecule has 2 aromatic rings. The van der Waals surface area contributed by atoms with Crippen LogP contribution in [0.15, 0.2) is 42.5 Å². The summed E-state index contributed by atoms with van der Waals surface area (Å²) in [6, 6.07) is 12.8. The summed E-state index contributed by atoms with van der Waals surface area (Å²) in [5, 5.41) is 30.6. The van der Waals surface area contributed by atoms with Gasteiger partial charge in [-0.3, -0.25) is 0 Å². The van der Waals surface area contributed by atoms with E-state index in [4.69, 9.17) is 0 Å². The summed E-state index contributed by atoms with van der Waals surface area (Å²) in [7, 11) is -3.81. The summed E-state index contributed by atoms with van der Waals surface area (Å²) < 4.78 is 88.0. The molecule has 0 unspecified atom stereocenters. The third-order valence-electron chi connectivity index (χ3n) is 8.40. The number of alkyl halides is 5. The Morgan fingerprint density at radius 2 is 1.47 bits per heavy atom. The van der Waals surface area contributed by atoms with Gasteiger partial charge in [-0.2, -0.15) is 22.0 Å². The first-order valence-corrected chi connectivity index (χ1v) is 18.1. The zero-order valence-corrected chi connectivity index (χ0v) is 28.1. The van der Waals surface area contributed by atoms with Crippen molar-refractivity contribution in [3.8, 4) is 11.5 Å². The lowest BCUT2D eigenvalue weighted by Gasteiger charge is -2.29. The first-order chi connectivity index (χ1) is 21.9. The van der Waals surface area contributed by atoms with Crippen molar-refractivity contribution in [1.29, 1.82) is 0 Å². The molecule has 0 aliphatic heterocycles. The molecule has 1 aliphatic carbocycles. The molecule has 0 fully saturated rings. The fourth-order valence-corrected chi connectivity index (χ4v) is 7.58. The molecule has 3 rings (SSSR count). The number of halogens is 5. The predicted molar refractivity (Wildman–Crippen MR) is 175 cm³/mol. The van der Waals surface area contributed by atoms with E-state index in [-0.39, 0.29) is 23.7 Å². The summed E-state index contributed by atoms with van der Waals surface area (Å²) in [5.74, 6) is -5.53. The van der Waals surface area contributed by atoms with Crippen LogP contribution in [0.3, 0.4) is 0 Å². The average molecular weight is 690 g/mol. The van der Waals surface area contributed by atoms with Gasteiger partial charge >= 0.3 is 12.1 Å². The number of sulfone groups is 1. The first-order valence-electron chi connectivity index (χ1n) is 16.3. The Bertz CT molecular complexity index is 1450. The van der Waals surface area contributed by atoms with Crippen LogP contribution in [0.5, 0.6) is 11.5 Å². The SMILES string of the molecule is CC(C)(O)CN(CCCCCCC1=C(c2cccc(O)c2)CCCc2cc(O)ccc21)CCCS(=O)(=O)CCCC(F)(F)C(F)(F)F. The van der Waals surface area contributed by atoms with Gasteiger partial charge in [0.1, 0.15) is 21.3 Å². The maximum absolute atomic E-state index is 13.1. The molecule has 0 saturated heterocycles. The maximum atomic E-state index is 13.1. The molecule has 0 amide bonds. The fraction of sp³-hybridized carbons (Fsp3) is 0.600. The van der Waals surface area contributed by atoms with Crippen molar-refractivity contribution in [2.45, 2.75) is 102 Å². The summed E-state index contributed by atoms with van der Waals surface area (Å²) in [4.78, 5) is 1.96. The Kier molecular flexibility index (Phi) is 13.7. The van der Waals surface area contributed by atoms with Gasteiger partial charge in [0.15, 0.2) is 0 Å². The number of benzene rings is 2. The summed E-state index contributed by atoms with van der Waals surface area (Å²) >= 11 is 0. The number of nitrogens with zero attached hydrogens (tertiary/aromatic N) is 1. The van der Waals surface area contributed by atoms with Crippen LogP contribution in [-0.2, 0) is 16.3 Å². The quantitative estimate of drug-likeness (QED) is 0.108. The number of aryl methyl sites for hydroxylation is 1. The normalized spacial score (nSPS) is 14.8. The van der Waals surface area contributed by atoms with Crippen molar-refractivity contribution in [2.24, 2.45) is 0 Å². The van der Waals surface area contributed by atoms with E-state index in [2.05, 4.69) is 0 Å². The fourth-order valence-electron chi connectivity index (χ4n) is 6.22. The molecule has 3 N–H and O–H groups in total. The van der Waals surface area contributed by atoms with Gasteiger partial charge in [-0.05, 0) is 130 Å². The molecule has 0 atom stereocenters. The number of phenols is 2. The van der Waals surface area contributed by atoms with Gasteiger partial charge in [-0.25, -0.2) is 8.42 Å². The number of allylic oxidation sites excluding steroid dienone is 2. The van der Waals surface area contributed by atoms with Crippen LogP contribution in [0.2, 0.25) is 0 Å². The number of phenolic OH excluding ortho intramolecular Hbond substituents is 2. The number of aromatic hydroxyl groups is 2. The molecule has 12 heteroatoms. The summed E-state index contributed by atoms with van der Waals surface area (Å²) in [5.41, 5.74) is 4.61. The molecular formula is C35H48F5NO5S. The van der Waals surface area contributed by atoms with Crippen molar-refractivity contribution in [3.63, 3.8) is 0 Å². The molecule has 0 spiro atoms. The smallest absolute Gasteiger partial charge is 0.453 e. The molecule has 6 nitrogen and oxygen atoms in total. The van der Waals surface area contributed by atoms with E-state index in [1.807, 2.05) is 29.2 Å². The lowest BCUT2D eigenvalue weighted by Crippen LogP contribution is -2.40. The van der Waals surface area contributed by atoms with Gasteiger partial charge < -0.3 is 20.2 Å². The third-order valence-corrected chi connectivity index (χ3v) is 10.2. The average Bonchev–Trinajstić information content (AvgIpc) is 3.11. The van der Waals surface area contributed by atoms with Crippen LogP contribution in [0.4, 0.5) is 22.0 Å². The van der Waals surface area contributed by atoms with E-state index in [0.29, 0.717) is 19.6 Å². The van der Waals surface area contributed by atoms with Crippen LogP contribution >= 0.6 is 0 Å². The topological polar surface area (TPSA) is 98.1 Å². The zero-order valence-electron chi connectivity index (χ0n) is 27.3. The lowest BCUT2D eigenvalue weighted by molar-refractivity contribution is -0.284. The summed E-state index contributed by atoms with van der Waals surface area (Å²) in [6.45, 7) is 4.56. The Balaban J connectivity index is 1.53. The second kappa shape index (κ2) is 16.6. The van der Waals surface area contributed by atoms with Crippen LogP contribution in [-0.4, -0.2) is 77.5 Å². The van der Waals surface area contributed by atoms with Gasteiger partial charge in [0.25, 0.3) is 0 Å². The van der Waals surface area contributed by atoms with E-state index in [9.17, 15) is 45.7 Å². The van der Waals surface area contributed by atoms with Crippen molar-refractivity contribution < 1.29 is 45.7 Å². The molecule has 264 valence electrons. The molecule has 2 aromatic carbocycles. The monoisotopic (exact) mass is 689 g/mol. The zero-order chi connectivity index (χ0) is 34.9. The predicted octanol–water partition coefficient (Wildman–Crippen LogP) is 8.15. The highest BCUT2D eigenvalue weighted by molar-refractivity contribution is 7.91. The highest BCUT2D eigenvalue weighted by atomic mass is 32.2. The van der Waals surface area contributed by atoms with E-state index < -0.39 is 46.1 Å². The molecule has 0 aromatic heterocycles. The van der Waals surface area contributed by atoms with E-state index in [1.54, 1.807) is 32.0 Å². The highest BCUT2D eigenvalue weighted by Crippen LogP contribution is 2.41. The maximum Gasteiger partial charge on any atom is 0.453 e. The number of aliphatic hydroxyl groups is 1. The van der Waals surface area contributed by atoms with E-state index in [1.165, 1.54) is 11.1 Å². The minimum atomic E-state index is -5.70. The standard InChI is InChI=1S/C35H48F5NO5S/c1-33(2,44)25-41(20-10-22-47(45,46)21-9-18-34(36,37)35(38,39)40)19-6-4-3-5-14-32-30(26-11-7-13-28(42)23-26)15-8-12-27-24-29(43)16-17-31(27)32/h7,11,13,16-17,23-24,42-44H,3-6,8-10,12,14-15,18-22,25H2,1-2H3. The Hall–Kier alpha value is -2.70. The lowest BCUT2D eigenvalue weighted by atomic mass is 9.89. The largest absolute Gasteiger partial charge is 0.508 e. The Labute approximate surface area is 275 Å². The van der Waals surface area contributed by atoms with Crippen molar-refractivity contribution in [1.82, 2.24) is 4.90 Å². The Morgan fingerprint density at radius 3 is 2.15 bits per heavy atom. The van der Waals surface area contributed by atoms with Crippen molar-refractivity contribution in [3.05, 3.63) is 59.2 Å². The van der Waals surface area contributed by atoms with Crippen LogP contribution in [0, 0.1) is 0 Å². The van der Waals surface area contributed by atoms with Gasteiger partial charge in [0.2, 0.25) is 0 Å². The number of fused-ring (bicyclic) bond motifs is 1. The van der Waals surface area contributed by atoms with Crippen LogP contribution in [0.25, 0.3) is 11.1 Å². The number of hydrogen-bond donors (Lipinski definition) is 3. The van der Waals surface area contributed by atoms with Gasteiger partial charge in [0, 0.05) is 13.0 Å². The van der Waals surface area contributed by atoms with Crippen molar-refractivity contribution in [2.75, 3.05) is 31.1 Å². The molecule has 47 heavy (non-hydrogen) atoms. The number of hydrogen-bond acceptors (Lipinski definition) is 6. The van der Waals surface area contributed by atoms with Gasteiger partial charge in [-0.15, -0.1) is 0 Å². The van der Waals surface area contributed by atoms with E-state index >= 15 is 0 Å². The molecule has 0 saturated carbocycles. The second-order valence-electron chi connectivity index (χ2n) is 13.3.